The van der Waals surface area contributed by atoms with E-state index in [4.69, 9.17) is 4.74 Å². The number of anilines is 3. The minimum absolute atomic E-state index is 0.0646. The molecule has 0 aliphatic carbocycles. The number of halogens is 1. The summed E-state index contributed by atoms with van der Waals surface area (Å²) in [5.74, 6) is 0.624. The van der Waals surface area contributed by atoms with Crippen LogP contribution in [0.25, 0.3) is 0 Å². The zero-order valence-electron chi connectivity index (χ0n) is 11.6. The Bertz CT molecular complexity index is 652. The zero-order chi connectivity index (χ0) is 15.9. The summed E-state index contributed by atoms with van der Waals surface area (Å²) in [4.78, 5) is 22.7. The third kappa shape index (κ3) is 4.09. The van der Waals surface area contributed by atoms with Gasteiger partial charge in [-0.15, -0.1) is 0 Å². The summed E-state index contributed by atoms with van der Waals surface area (Å²) in [6.45, 7) is 0.794. The van der Waals surface area contributed by atoms with Crippen LogP contribution < -0.4 is 10.6 Å². The van der Waals surface area contributed by atoms with Crippen molar-refractivity contribution >= 4 is 39.1 Å². The fourth-order valence-corrected chi connectivity index (χ4v) is 1.85. The van der Waals surface area contributed by atoms with Crippen LogP contribution in [0.15, 0.2) is 29.1 Å². The maximum absolute atomic E-state index is 11.3. The van der Waals surface area contributed by atoms with E-state index in [1.54, 1.807) is 25.4 Å². The number of rotatable bonds is 7. The molecular weight excluding hydrogens is 356 g/mol. The molecule has 0 aliphatic rings. The van der Waals surface area contributed by atoms with Crippen LogP contribution in [0.1, 0.15) is 0 Å². The normalized spacial score (nSPS) is 10.3. The third-order valence-electron chi connectivity index (χ3n) is 2.58. The number of nitrogens with zero attached hydrogens (tertiary/aromatic N) is 4. The quantitative estimate of drug-likeness (QED) is 0.434. The van der Waals surface area contributed by atoms with Crippen LogP contribution in [0.3, 0.4) is 0 Å². The Morgan fingerprint density at radius 1 is 1.32 bits per heavy atom. The maximum Gasteiger partial charge on any atom is 0.353 e. The van der Waals surface area contributed by atoms with Gasteiger partial charge in [0.15, 0.2) is 0 Å². The Balaban J connectivity index is 2.27. The second-order valence-electron chi connectivity index (χ2n) is 4.08. The molecule has 0 saturated heterocycles. The van der Waals surface area contributed by atoms with Gasteiger partial charge in [-0.1, -0.05) is 0 Å². The van der Waals surface area contributed by atoms with Crippen molar-refractivity contribution in [2.24, 2.45) is 0 Å². The summed E-state index contributed by atoms with van der Waals surface area (Å²) >= 11 is 3.27. The first kappa shape index (κ1) is 16.0. The summed E-state index contributed by atoms with van der Waals surface area (Å²) in [6.07, 6.45) is 2.82. The van der Waals surface area contributed by atoms with Crippen molar-refractivity contribution in [1.82, 2.24) is 15.0 Å². The van der Waals surface area contributed by atoms with Crippen LogP contribution >= 0.6 is 15.9 Å². The van der Waals surface area contributed by atoms with Crippen LogP contribution in [0.2, 0.25) is 0 Å². The third-order valence-corrected chi connectivity index (χ3v) is 3.05. The minimum Gasteiger partial charge on any atom is -0.383 e. The Morgan fingerprint density at radius 3 is 2.73 bits per heavy atom. The molecule has 0 atom stereocenters. The van der Waals surface area contributed by atoms with Crippen LogP contribution in [0, 0.1) is 10.1 Å². The average Bonchev–Trinajstić information content (AvgIpc) is 2.50. The summed E-state index contributed by atoms with van der Waals surface area (Å²) in [7, 11) is 1.54. The van der Waals surface area contributed by atoms with Gasteiger partial charge in [0.2, 0.25) is 11.6 Å². The molecule has 0 aromatic carbocycles. The van der Waals surface area contributed by atoms with Crippen molar-refractivity contribution in [2.75, 3.05) is 30.9 Å². The SMILES string of the molecule is COCCNc1ncnc(Nc2ccc(Br)cn2)c1[N+](=O)[O-]. The molecule has 0 spiro atoms. The van der Waals surface area contributed by atoms with E-state index in [0.29, 0.717) is 19.0 Å². The molecule has 116 valence electrons. The van der Waals surface area contributed by atoms with Gasteiger partial charge in [-0.25, -0.2) is 15.0 Å². The number of nitrogens with one attached hydrogen (secondary N) is 2. The van der Waals surface area contributed by atoms with Crippen LogP contribution in [-0.2, 0) is 4.74 Å². The lowest BCUT2D eigenvalue weighted by Gasteiger charge is -2.09. The second-order valence-corrected chi connectivity index (χ2v) is 5.00. The van der Waals surface area contributed by atoms with Crippen molar-refractivity contribution in [2.45, 2.75) is 0 Å². The number of nitro groups is 1. The van der Waals surface area contributed by atoms with E-state index >= 15 is 0 Å². The van der Waals surface area contributed by atoms with Gasteiger partial charge < -0.3 is 15.4 Å². The first-order valence-corrected chi connectivity index (χ1v) is 7.02. The van der Waals surface area contributed by atoms with Gasteiger partial charge in [0, 0.05) is 24.3 Å². The zero-order valence-corrected chi connectivity index (χ0v) is 13.2. The molecule has 0 radical (unpaired) electrons. The maximum atomic E-state index is 11.3. The highest BCUT2D eigenvalue weighted by atomic mass is 79.9. The number of hydrogen-bond donors (Lipinski definition) is 2. The average molecular weight is 369 g/mol. The molecule has 2 rings (SSSR count). The monoisotopic (exact) mass is 368 g/mol. The Kier molecular flexibility index (Phi) is 5.55. The van der Waals surface area contributed by atoms with Gasteiger partial charge in [-0.3, -0.25) is 10.1 Å². The fraction of sp³-hybridized carbons (Fsp3) is 0.250. The van der Waals surface area contributed by atoms with E-state index in [1.165, 1.54) is 6.33 Å². The van der Waals surface area contributed by atoms with E-state index in [2.05, 4.69) is 41.5 Å². The van der Waals surface area contributed by atoms with Crippen LogP contribution in [0.5, 0.6) is 0 Å². The lowest BCUT2D eigenvalue weighted by molar-refractivity contribution is -0.383. The van der Waals surface area contributed by atoms with E-state index in [9.17, 15) is 10.1 Å². The van der Waals surface area contributed by atoms with Gasteiger partial charge in [0.05, 0.1) is 11.5 Å². The molecule has 2 heterocycles. The molecule has 2 aromatic rings. The molecule has 10 heteroatoms. The first-order chi connectivity index (χ1) is 10.6. The first-order valence-electron chi connectivity index (χ1n) is 6.22. The van der Waals surface area contributed by atoms with Crippen molar-refractivity contribution in [3.05, 3.63) is 39.2 Å². The van der Waals surface area contributed by atoms with E-state index < -0.39 is 4.92 Å². The fourth-order valence-electron chi connectivity index (χ4n) is 1.62. The van der Waals surface area contributed by atoms with Crippen LogP contribution in [-0.4, -0.2) is 40.1 Å². The lowest BCUT2D eigenvalue weighted by Crippen LogP contribution is -2.12. The van der Waals surface area contributed by atoms with Crippen LogP contribution in [0.4, 0.5) is 23.1 Å². The molecule has 0 unspecified atom stereocenters. The van der Waals surface area contributed by atoms with E-state index in [1.807, 2.05) is 0 Å². The molecule has 0 saturated carbocycles. The van der Waals surface area contributed by atoms with Crippen molar-refractivity contribution in [3.8, 4) is 0 Å². The smallest absolute Gasteiger partial charge is 0.353 e. The molecule has 9 nitrogen and oxygen atoms in total. The second kappa shape index (κ2) is 7.61. The van der Waals surface area contributed by atoms with Gasteiger partial charge in [-0.2, -0.15) is 0 Å². The molecule has 0 bridgehead atoms. The summed E-state index contributed by atoms with van der Waals surface area (Å²) < 4.78 is 5.70. The number of ether oxygens (including phenoxy) is 1. The van der Waals surface area contributed by atoms with Crippen molar-refractivity contribution in [1.29, 1.82) is 0 Å². The highest BCUT2D eigenvalue weighted by molar-refractivity contribution is 9.10. The van der Waals surface area contributed by atoms with Gasteiger partial charge in [0.1, 0.15) is 12.1 Å². The predicted octanol–water partition coefficient (Wildman–Crippen LogP) is 2.34. The summed E-state index contributed by atoms with van der Waals surface area (Å²) in [6, 6.07) is 3.44. The Morgan fingerprint density at radius 2 is 2.09 bits per heavy atom. The van der Waals surface area contributed by atoms with Gasteiger partial charge in [-0.05, 0) is 28.1 Å². The minimum atomic E-state index is -0.545. The Hall–Kier alpha value is -2.33. The molecule has 22 heavy (non-hydrogen) atoms. The number of pyridine rings is 1. The number of hydrogen-bond acceptors (Lipinski definition) is 8. The predicted molar refractivity (Wildman–Crippen MR) is 84.3 cm³/mol. The summed E-state index contributed by atoms with van der Waals surface area (Å²) in [5, 5.41) is 17.0. The molecule has 0 amide bonds. The van der Waals surface area contributed by atoms with E-state index in [-0.39, 0.29) is 17.3 Å². The molecule has 0 aliphatic heterocycles. The molecular formula is C12H13BrN6O3. The van der Waals surface area contributed by atoms with Gasteiger partial charge in [0.25, 0.3) is 0 Å². The van der Waals surface area contributed by atoms with Crippen molar-refractivity contribution < 1.29 is 9.66 Å². The number of aromatic nitrogens is 3. The lowest BCUT2D eigenvalue weighted by atomic mass is 10.4. The standard InChI is InChI=1S/C12H13BrN6O3/c1-22-5-4-14-11-10(19(20)21)12(17-7-16-11)18-9-3-2-8(13)6-15-9/h2-3,6-7H,4-5H2,1H3,(H2,14,15,16,17,18). The summed E-state index contributed by atoms with van der Waals surface area (Å²) in [5.41, 5.74) is -0.247. The van der Waals surface area contributed by atoms with Crippen molar-refractivity contribution in [3.63, 3.8) is 0 Å². The van der Waals surface area contributed by atoms with Gasteiger partial charge >= 0.3 is 5.69 Å². The topological polar surface area (TPSA) is 115 Å². The number of methoxy groups -OCH3 is 1. The molecule has 0 fully saturated rings. The highest BCUT2D eigenvalue weighted by Gasteiger charge is 2.23. The highest BCUT2D eigenvalue weighted by Crippen LogP contribution is 2.30. The van der Waals surface area contributed by atoms with E-state index in [0.717, 1.165) is 4.47 Å². The molecule has 2 aromatic heterocycles. The largest absolute Gasteiger partial charge is 0.383 e. The Labute approximate surface area is 134 Å². The molecule has 2 N–H and O–H groups in total.